The van der Waals surface area contributed by atoms with Gasteiger partial charge in [-0.25, -0.2) is 0 Å². The van der Waals surface area contributed by atoms with Crippen LogP contribution in [0.5, 0.6) is 0 Å². The van der Waals surface area contributed by atoms with E-state index < -0.39 is 54.9 Å². The van der Waals surface area contributed by atoms with Crippen LogP contribution in [0.15, 0.2) is 0 Å². The van der Waals surface area contributed by atoms with Gasteiger partial charge in [-0.15, -0.1) is 0 Å². The number of carbonyl (C=O) groups is 2. The van der Waals surface area contributed by atoms with Crippen LogP contribution >= 0.6 is 0 Å². The summed E-state index contributed by atoms with van der Waals surface area (Å²) in [6, 6.07) is 0. The van der Waals surface area contributed by atoms with Crippen LogP contribution in [0.3, 0.4) is 0 Å². The topological polar surface area (TPSA) is 143 Å². The summed E-state index contributed by atoms with van der Waals surface area (Å²) in [5.74, 6) is -1.59. The molecule has 1 rings (SSSR count). The molecule has 0 bridgehead atoms. The van der Waals surface area contributed by atoms with Gasteiger partial charge in [-0.1, -0.05) is 78.1 Å². The molecule has 7 atom stereocenters. The molecule has 0 spiro atoms. The molecule has 206 valence electrons. The Bertz CT molecular complexity index is 585. The lowest BCUT2D eigenvalue weighted by molar-refractivity contribution is -0.304. The number of aliphatic carboxylic acids is 1. The summed E-state index contributed by atoms with van der Waals surface area (Å²) in [6.45, 7) is 5.66. The van der Waals surface area contributed by atoms with Gasteiger partial charge < -0.3 is 34.6 Å². The number of unbranched alkanes of at least 4 members (excludes halogenated alkanes) is 8. The summed E-state index contributed by atoms with van der Waals surface area (Å²) in [6.07, 6.45) is 4.20. The Morgan fingerprint density at radius 3 is 1.94 bits per heavy atom. The predicted octanol–water partition coefficient (Wildman–Crippen LogP) is 3.70. The van der Waals surface area contributed by atoms with E-state index in [-0.39, 0.29) is 12.8 Å². The third-order valence-electron chi connectivity index (χ3n) is 6.47. The number of carbonyl (C=O) groups excluding carboxylic acids is 1. The van der Waals surface area contributed by atoms with Gasteiger partial charge >= 0.3 is 11.9 Å². The fourth-order valence-corrected chi connectivity index (χ4v) is 4.36. The van der Waals surface area contributed by atoms with Crippen LogP contribution < -0.4 is 0 Å². The first kappa shape index (κ1) is 31.8. The van der Waals surface area contributed by atoms with Crippen LogP contribution in [-0.2, 0) is 23.8 Å². The van der Waals surface area contributed by atoms with Gasteiger partial charge in [0, 0.05) is 0 Å². The second kappa shape index (κ2) is 18.1. The normalized spacial score (nSPS) is 26.3. The van der Waals surface area contributed by atoms with Crippen molar-refractivity contribution >= 4 is 11.9 Å². The van der Waals surface area contributed by atoms with Crippen molar-refractivity contribution < 1.29 is 44.2 Å². The quantitative estimate of drug-likeness (QED) is 0.153. The largest absolute Gasteiger partial charge is 0.481 e. The minimum absolute atomic E-state index is 0.115. The van der Waals surface area contributed by atoms with Crippen LogP contribution in [0.1, 0.15) is 111 Å². The summed E-state index contributed by atoms with van der Waals surface area (Å²) in [5.41, 5.74) is 0. The van der Waals surface area contributed by atoms with E-state index in [0.29, 0.717) is 19.3 Å². The molecule has 0 aromatic carbocycles. The smallest absolute Gasteiger partial charge is 0.308 e. The Balaban J connectivity index is 2.63. The molecule has 4 N–H and O–H groups in total. The molecular formula is C26H48O9. The number of hydrogen-bond donors (Lipinski definition) is 4. The molecule has 1 fully saturated rings. The van der Waals surface area contributed by atoms with Crippen LogP contribution in [0.4, 0.5) is 0 Å². The number of esters is 1. The average molecular weight is 505 g/mol. The molecular weight excluding hydrogens is 456 g/mol. The number of ether oxygens (including phenoxy) is 3. The van der Waals surface area contributed by atoms with Gasteiger partial charge in [0.15, 0.2) is 6.29 Å². The van der Waals surface area contributed by atoms with Crippen molar-refractivity contribution in [1.82, 2.24) is 0 Å². The first-order valence-corrected chi connectivity index (χ1v) is 13.5. The maximum Gasteiger partial charge on any atom is 0.308 e. The minimum Gasteiger partial charge on any atom is -0.481 e. The summed E-state index contributed by atoms with van der Waals surface area (Å²) in [7, 11) is 0. The van der Waals surface area contributed by atoms with E-state index in [1.54, 1.807) is 6.92 Å². The molecule has 0 aromatic heterocycles. The van der Waals surface area contributed by atoms with E-state index in [0.717, 1.165) is 25.7 Å². The van der Waals surface area contributed by atoms with Crippen molar-refractivity contribution in [3.63, 3.8) is 0 Å². The lowest BCUT2D eigenvalue weighted by atomic mass is 9.99. The SMILES string of the molecule is CCCCCCCCCCC[C@H](CC(=O)O[C@@H](CCC)CC(=O)O)O[C@@H]1OC(C)[C@H](O)[C@H](O)C1O. The highest BCUT2D eigenvalue weighted by molar-refractivity contribution is 5.72. The van der Waals surface area contributed by atoms with Crippen LogP contribution in [-0.4, -0.2) is 75.3 Å². The maximum atomic E-state index is 12.6. The zero-order valence-corrected chi connectivity index (χ0v) is 21.8. The fourth-order valence-electron chi connectivity index (χ4n) is 4.36. The molecule has 1 saturated heterocycles. The standard InChI is InChI=1S/C26H48O9/c1-4-6-7-8-9-10-11-12-13-15-20(17-22(29)34-19(14-5-2)16-21(27)28)35-26-25(32)24(31)23(30)18(3)33-26/h18-20,23-26,30-32H,4-17H2,1-3H3,(H,27,28)/t18?,19-,20+,23-,24-,25?,26-/m0/s1. The molecule has 1 heterocycles. The van der Waals surface area contributed by atoms with Gasteiger partial charge in [0.05, 0.1) is 25.0 Å². The first-order valence-electron chi connectivity index (χ1n) is 13.5. The molecule has 9 heteroatoms. The van der Waals surface area contributed by atoms with Gasteiger partial charge in [-0.3, -0.25) is 9.59 Å². The first-order chi connectivity index (χ1) is 16.7. The number of hydrogen-bond acceptors (Lipinski definition) is 8. The lowest BCUT2D eigenvalue weighted by Gasteiger charge is -2.40. The van der Waals surface area contributed by atoms with Gasteiger partial charge in [0.25, 0.3) is 0 Å². The number of aliphatic hydroxyl groups is 3. The second-order valence-corrected chi connectivity index (χ2v) is 9.76. The summed E-state index contributed by atoms with van der Waals surface area (Å²) in [4.78, 5) is 23.7. The maximum absolute atomic E-state index is 12.6. The Hall–Kier alpha value is -1.26. The van der Waals surface area contributed by atoms with Crippen LogP contribution in [0.25, 0.3) is 0 Å². The summed E-state index contributed by atoms with van der Waals surface area (Å²) in [5, 5.41) is 39.4. The molecule has 0 aromatic rings. The van der Waals surface area contributed by atoms with E-state index in [1.807, 2.05) is 6.92 Å². The molecule has 35 heavy (non-hydrogen) atoms. The molecule has 0 saturated carbocycles. The Kier molecular flexibility index (Phi) is 16.4. The van der Waals surface area contributed by atoms with Crippen LogP contribution in [0.2, 0.25) is 0 Å². The van der Waals surface area contributed by atoms with Crippen molar-refractivity contribution in [2.75, 3.05) is 0 Å². The number of carboxylic acid groups (broad SMARTS) is 1. The minimum atomic E-state index is -1.46. The summed E-state index contributed by atoms with van der Waals surface area (Å²) >= 11 is 0. The number of rotatable bonds is 19. The van der Waals surface area contributed by atoms with E-state index in [4.69, 9.17) is 19.3 Å². The van der Waals surface area contributed by atoms with Crippen molar-refractivity contribution in [1.29, 1.82) is 0 Å². The fraction of sp³-hybridized carbons (Fsp3) is 0.923. The molecule has 0 radical (unpaired) electrons. The van der Waals surface area contributed by atoms with Crippen LogP contribution in [0, 0.1) is 0 Å². The molecule has 1 aliphatic heterocycles. The van der Waals surface area contributed by atoms with E-state index in [1.165, 1.54) is 32.1 Å². The second-order valence-electron chi connectivity index (χ2n) is 9.76. The van der Waals surface area contributed by atoms with Crippen molar-refractivity contribution in [2.45, 2.75) is 154 Å². The molecule has 9 nitrogen and oxygen atoms in total. The molecule has 2 unspecified atom stereocenters. The van der Waals surface area contributed by atoms with E-state index in [9.17, 15) is 24.9 Å². The van der Waals surface area contributed by atoms with E-state index in [2.05, 4.69) is 6.92 Å². The highest BCUT2D eigenvalue weighted by atomic mass is 16.7. The van der Waals surface area contributed by atoms with Gasteiger partial charge in [0.2, 0.25) is 0 Å². The Morgan fingerprint density at radius 1 is 0.771 bits per heavy atom. The average Bonchev–Trinajstić information content (AvgIpc) is 2.79. The highest BCUT2D eigenvalue weighted by Crippen LogP contribution is 2.25. The van der Waals surface area contributed by atoms with Crippen molar-refractivity contribution in [2.24, 2.45) is 0 Å². The molecule has 1 aliphatic rings. The highest BCUT2D eigenvalue weighted by Gasteiger charge is 2.43. The third-order valence-corrected chi connectivity index (χ3v) is 6.47. The monoisotopic (exact) mass is 504 g/mol. The van der Waals surface area contributed by atoms with Gasteiger partial charge in [-0.2, -0.15) is 0 Å². The zero-order valence-electron chi connectivity index (χ0n) is 21.8. The predicted molar refractivity (Wildman–Crippen MR) is 131 cm³/mol. The van der Waals surface area contributed by atoms with Gasteiger partial charge in [-0.05, 0) is 19.8 Å². The Labute approximate surface area is 210 Å². The Morgan fingerprint density at radius 2 is 1.37 bits per heavy atom. The number of aliphatic hydroxyl groups excluding tert-OH is 3. The van der Waals surface area contributed by atoms with E-state index >= 15 is 0 Å². The summed E-state index contributed by atoms with van der Waals surface area (Å²) < 4.78 is 16.8. The van der Waals surface area contributed by atoms with Gasteiger partial charge in [0.1, 0.15) is 24.4 Å². The van der Waals surface area contributed by atoms with Crippen molar-refractivity contribution in [3.8, 4) is 0 Å². The van der Waals surface area contributed by atoms with Crippen molar-refractivity contribution in [3.05, 3.63) is 0 Å². The third kappa shape index (κ3) is 13.0. The number of carboxylic acids is 1. The lowest BCUT2D eigenvalue weighted by Crippen LogP contribution is -2.58. The molecule has 0 amide bonds. The zero-order chi connectivity index (χ0) is 26.2. The molecule has 0 aliphatic carbocycles.